The van der Waals surface area contributed by atoms with Crippen LogP contribution in [0.4, 0.5) is 4.79 Å². The SMILES string of the molecule is C=CCN1C(=O)NC(c2cccc(Cl)c2)C(c2nc(-c3cccc(OC)c3)no2)=C1C. The number of halogens is 1. The topological polar surface area (TPSA) is 80.5 Å². The third kappa shape index (κ3) is 4.04. The van der Waals surface area contributed by atoms with E-state index in [0.717, 1.165) is 11.1 Å². The van der Waals surface area contributed by atoms with Gasteiger partial charge in [-0.3, -0.25) is 4.90 Å². The number of methoxy groups -OCH3 is 1. The Balaban J connectivity index is 1.82. The Labute approximate surface area is 185 Å². The lowest BCUT2D eigenvalue weighted by Gasteiger charge is -2.34. The predicted octanol–water partition coefficient (Wildman–Crippen LogP) is 5.08. The Kier molecular flexibility index (Phi) is 5.77. The lowest BCUT2D eigenvalue weighted by molar-refractivity contribution is 0.209. The van der Waals surface area contributed by atoms with Crippen molar-refractivity contribution in [2.24, 2.45) is 0 Å². The van der Waals surface area contributed by atoms with E-state index in [1.165, 1.54) is 0 Å². The fraction of sp³-hybridized carbons (Fsp3) is 0.174. The summed E-state index contributed by atoms with van der Waals surface area (Å²) in [6, 6.07) is 14.0. The van der Waals surface area contributed by atoms with Gasteiger partial charge in [0.05, 0.1) is 18.7 Å². The van der Waals surface area contributed by atoms with Crippen molar-refractivity contribution in [1.29, 1.82) is 0 Å². The molecule has 0 bridgehead atoms. The van der Waals surface area contributed by atoms with Crippen molar-refractivity contribution < 1.29 is 14.1 Å². The second-order valence-electron chi connectivity index (χ2n) is 6.99. The van der Waals surface area contributed by atoms with E-state index in [-0.39, 0.29) is 6.03 Å². The standard InChI is InChI=1S/C23H21ClN4O3/c1-4-11-28-14(2)19(20(25-23(28)29)15-7-5-9-17(24)12-15)22-26-21(27-31-22)16-8-6-10-18(13-16)30-3/h4-10,12-13,20H,1,11H2,2-3H3,(H,25,29). The number of hydrogen-bond acceptors (Lipinski definition) is 5. The molecule has 1 aliphatic rings. The molecule has 2 amide bonds. The number of nitrogens with zero attached hydrogens (tertiary/aromatic N) is 3. The van der Waals surface area contributed by atoms with Gasteiger partial charge in [0, 0.05) is 22.8 Å². The summed E-state index contributed by atoms with van der Waals surface area (Å²) in [6.07, 6.45) is 1.66. The second kappa shape index (κ2) is 8.65. The van der Waals surface area contributed by atoms with Crippen LogP contribution in [-0.4, -0.2) is 34.7 Å². The number of nitrogens with one attached hydrogen (secondary N) is 1. The third-order valence-electron chi connectivity index (χ3n) is 5.07. The molecule has 31 heavy (non-hydrogen) atoms. The van der Waals surface area contributed by atoms with Crippen LogP contribution in [0, 0.1) is 0 Å². The zero-order valence-corrected chi connectivity index (χ0v) is 17.9. The molecule has 8 heteroatoms. The highest BCUT2D eigenvalue weighted by Gasteiger charge is 2.35. The molecule has 2 aromatic carbocycles. The minimum atomic E-state index is -0.495. The van der Waals surface area contributed by atoms with Gasteiger partial charge in [-0.15, -0.1) is 6.58 Å². The Morgan fingerprint density at radius 3 is 2.84 bits per heavy atom. The highest BCUT2D eigenvalue weighted by molar-refractivity contribution is 6.30. The van der Waals surface area contributed by atoms with Crippen LogP contribution < -0.4 is 10.1 Å². The summed E-state index contributed by atoms with van der Waals surface area (Å²) < 4.78 is 10.9. The summed E-state index contributed by atoms with van der Waals surface area (Å²) in [6.45, 7) is 5.94. The number of carbonyl (C=O) groups excluding carboxylic acids is 1. The van der Waals surface area contributed by atoms with Gasteiger partial charge in [-0.05, 0) is 36.8 Å². The lowest BCUT2D eigenvalue weighted by atomic mass is 9.94. The summed E-state index contributed by atoms with van der Waals surface area (Å²) in [5.41, 5.74) is 2.98. The zero-order chi connectivity index (χ0) is 22.0. The summed E-state index contributed by atoms with van der Waals surface area (Å²) in [7, 11) is 1.60. The van der Waals surface area contributed by atoms with Crippen molar-refractivity contribution in [3.8, 4) is 17.1 Å². The molecule has 158 valence electrons. The molecular weight excluding hydrogens is 416 g/mol. The Bertz CT molecular complexity index is 1170. The smallest absolute Gasteiger partial charge is 0.322 e. The van der Waals surface area contributed by atoms with Crippen molar-refractivity contribution in [2.75, 3.05) is 13.7 Å². The van der Waals surface area contributed by atoms with E-state index in [1.54, 1.807) is 24.2 Å². The average molecular weight is 437 g/mol. The number of benzene rings is 2. The molecule has 0 aliphatic carbocycles. The van der Waals surface area contributed by atoms with E-state index in [2.05, 4.69) is 22.0 Å². The zero-order valence-electron chi connectivity index (χ0n) is 17.1. The Morgan fingerprint density at radius 2 is 2.10 bits per heavy atom. The minimum Gasteiger partial charge on any atom is -0.497 e. The molecule has 0 saturated carbocycles. The van der Waals surface area contributed by atoms with Gasteiger partial charge >= 0.3 is 6.03 Å². The summed E-state index contributed by atoms with van der Waals surface area (Å²) in [4.78, 5) is 19.0. The largest absolute Gasteiger partial charge is 0.497 e. The van der Waals surface area contributed by atoms with E-state index in [1.807, 2.05) is 49.4 Å². The molecule has 1 N–H and O–H groups in total. The Morgan fingerprint density at radius 1 is 1.29 bits per heavy atom. The number of urea groups is 1. The van der Waals surface area contributed by atoms with Crippen LogP contribution in [0.3, 0.4) is 0 Å². The fourth-order valence-corrected chi connectivity index (χ4v) is 3.75. The van der Waals surface area contributed by atoms with E-state index in [9.17, 15) is 4.79 Å². The second-order valence-corrected chi connectivity index (χ2v) is 7.43. The molecule has 3 aromatic rings. The van der Waals surface area contributed by atoms with E-state index < -0.39 is 6.04 Å². The highest BCUT2D eigenvalue weighted by atomic mass is 35.5. The maximum atomic E-state index is 12.8. The predicted molar refractivity (Wildman–Crippen MR) is 119 cm³/mol. The summed E-state index contributed by atoms with van der Waals surface area (Å²) in [5.74, 6) is 1.43. The number of aromatic nitrogens is 2. The van der Waals surface area contributed by atoms with Crippen molar-refractivity contribution in [3.05, 3.63) is 83.4 Å². The van der Waals surface area contributed by atoms with Gasteiger partial charge in [-0.25, -0.2) is 4.79 Å². The summed E-state index contributed by atoms with van der Waals surface area (Å²) >= 11 is 6.21. The van der Waals surface area contributed by atoms with Crippen LogP contribution >= 0.6 is 11.6 Å². The number of allylic oxidation sites excluding steroid dienone is 1. The minimum absolute atomic E-state index is 0.237. The normalized spacial score (nSPS) is 16.3. The van der Waals surface area contributed by atoms with Gasteiger partial charge in [0.15, 0.2) is 0 Å². The van der Waals surface area contributed by atoms with Crippen LogP contribution in [0.15, 0.2) is 71.4 Å². The quantitative estimate of drug-likeness (QED) is 0.545. The fourth-order valence-electron chi connectivity index (χ4n) is 3.56. The molecule has 1 aliphatic heterocycles. The van der Waals surface area contributed by atoms with Crippen LogP contribution in [0.2, 0.25) is 5.02 Å². The first-order valence-corrected chi connectivity index (χ1v) is 10.0. The molecule has 0 spiro atoms. The molecule has 2 heterocycles. The molecule has 7 nitrogen and oxygen atoms in total. The summed E-state index contributed by atoms with van der Waals surface area (Å²) in [5, 5.41) is 7.74. The van der Waals surface area contributed by atoms with Crippen LogP contribution in [0.5, 0.6) is 5.75 Å². The van der Waals surface area contributed by atoms with Gasteiger partial charge in [0.1, 0.15) is 5.75 Å². The van der Waals surface area contributed by atoms with E-state index in [0.29, 0.717) is 40.3 Å². The first-order chi connectivity index (χ1) is 15.0. The number of carbonyl (C=O) groups is 1. The van der Waals surface area contributed by atoms with Crippen molar-refractivity contribution in [2.45, 2.75) is 13.0 Å². The van der Waals surface area contributed by atoms with Gasteiger partial charge < -0.3 is 14.6 Å². The number of hydrogen-bond donors (Lipinski definition) is 1. The maximum absolute atomic E-state index is 12.8. The maximum Gasteiger partial charge on any atom is 0.322 e. The van der Waals surface area contributed by atoms with Gasteiger partial charge in [-0.2, -0.15) is 4.98 Å². The third-order valence-corrected chi connectivity index (χ3v) is 5.31. The van der Waals surface area contributed by atoms with Crippen LogP contribution in [0.1, 0.15) is 24.4 Å². The highest BCUT2D eigenvalue weighted by Crippen LogP contribution is 2.38. The molecule has 0 radical (unpaired) electrons. The first-order valence-electron chi connectivity index (χ1n) is 9.65. The van der Waals surface area contributed by atoms with Crippen molar-refractivity contribution in [1.82, 2.24) is 20.4 Å². The van der Waals surface area contributed by atoms with Gasteiger partial charge in [0.2, 0.25) is 5.82 Å². The molecule has 1 aromatic heterocycles. The lowest BCUT2D eigenvalue weighted by Crippen LogP contribution is -2.46. The number of ether oxygens (including phenoxy) is 1. The number of rotatable bonds is 6. The van der Waals surface area contributed by atoms with Gasteiger partial charge in [-0.1, -0.05) is 47.1 Å². The van der Waals surface area contributed by atoms with Crippen LogP contribution in [0.25, 0.3) is 17.0 Å². The van der Waals surface area contributed by atoms with Crippen LogP contribution in [-0.2, 0) is 0 Å². The molecule has 1 unspecified atom stereocenters. The van der Waals surface area contributed by atoms with E-state index in [4.69, 9.17) is 20.9 Å². The molecule has 0 fully saturated rings. The molecule has 1 atom stereocenters. The molecule has 4 rings (SSSR count). The van der Waals surface area contributed by atoms with Crippen molar-refractivity contribution >= 4 is 23.2 Å². The monoisotopic (exact) mass is 436 g/mol. The van der Waals surface area contributed by atoms with Crippen molar-refractivity contribution in [3.63, 3.8) is 0 Å². The molecular formula is C23H21ClN4O3. The van der Waals surface area contributed by atoms with Gasteiger partial charge in [0.25, 0.3) is 5.89 Å². The number of amides is 2. The average Bonchev–Trinajstić information content (AvgIpc) is 3.26. The molecule has 0 saturated heterocycles. The Hall–Kier alpha value is -3.58. The first kappa shape index (κ1) is 20.7. The van der Waals surface area contributed by atoms with E-state index >= 15 is 0 Å².